The first kappa shape index (κ1) is 21.3. The molecular formula is C22H16F4N4O2. The van der Waals surface area contributed by atoms with Crippen molar-refractivity contribution in [2.45, 2.75) is 19.0 Å². The smallest absolute Gasteiger partial charge is 0.416 e. The minimum absolute atomic E-state index is 0.0204. The van der Waals surface area contributed by atoms with E-state index in [0.717, 1.165) is 12.1 Å². The van der Waals surface area contributed by atoms with Gasteiger partial charge < -0.3 is 9.73 Å². The summed E-state index contributed by atoms with van der Waals surface area (Å²) in [5.74, 6) is -0.205. The number of carbonyl (C=O) groups is 1. The molecule has 10 heteroatoms. The maximum absolute atomic E-state index is 13.1. The molecule has 4 aromatic rings. The average molecular weight is 444 g/mol. The molecule has 1 amide bonds. The maximum atomic E-state index is 13.1. The van der Waals surface area contributed by atoms with Crippen LogP contribution in [-0.4, -0.2) is 20.7 Å². The van der Waals surface area contributed by atoms with E-state index in [2.05, 4.69) is 15.4 Å². The molecule has 0 unspecified atom stereocenters. The minimum Gasteiger partial charge on any atom is -0.441 e. The lowest BCUT2D eigenvalue weighted by atomic mass is 10.1. The normalized spacial score (nSPS) is 11.5. The maximum Gasteiger partial charge on any atom is 0.416 e. The zero-order chi connectivity index (χ0) is 22.7. The van der Waals surface area contributed by atoms with E-state index >= 15 is 0 Å². The molecular weight excluding hydrogens is 428 g/mol. The number of amides is 1. The van der Waals surface area contributed by atoms with Gasteiger partial charge in [-0.15, -0.1) is 0 Å². The van der Waals surface area contributed by atoms with Gasteiger partial charge in [-0.05, 0) is 48.5 Å². The summed E-state index contributed by atoms with van der Waals surface area (Å²) < 4.78 is 59.4. The third-order valence-corrected chi connectivity index (χ3v) is 4.60. The van der Waals surface area contributed by atoms with E-state index in [1.807, 2.05) is 0 Å². The lowest BCUT2D eigenvalue weighted by Gasteiger charge is -2.14. The molecule has 2 heterocycles. The summed E-state index contributed by atoms with van der Waals surface area (Å²) in [6, 6.07) is 10.3. The molecule has 0 saturated heterocycles. The van der Waals surface area contributed by atoms with Gasteiger partial charge in [0.15, 0.2) is 11.7 Å². The zero-order valence-electron chi connectivity index (χ0n) is 16.4. The highest BCUT2D eigenvalue weighted by atomic mass is 19.4. The standard InChI is InChI=1S/C22H16F4N4O2/c23-16-5-2-14(3-6-16)19-13-27-21(32-19)9-8-20(31)29-17-12-15(22(24,25)26)4-7-18(17)30-11-1-10-28-30/h1-7,10-13H,8-9H2,(H,29,31). The summed E-state index contributed by atoms with van der Waals surface area (Å²) in [6.45, 7) is 0. The van der Waals surface area contributed by atoms with Crippen molar-refractivity contribution in [3.63, 3.8) is 0 Å². The van der Waals surface area contributed by atoms with Crippen LogP contribution in [0.4, 0.5) is 23.2 Å². The Bertz CT molecular complexity index is 1220. The summed E-state index contributed by atoms with van der Waals surface area (Å²) in [5, 5.41) is 6.53. The largest absolute Gasteiger partial charge is 0.441 e. The monoisotopic (exact) mass is 444 g/mol. The number of oxazole rings is 1. The second-order valence-corrected chi connectivity index (χ2v) is 6.85. The number of anilines is 1. The van der Waals surface area contributed by atoms with Crippen LogP contribution in [0.2, 0.25) is 0 Å². The molecule has 2 aromatic heterocycles. The molecule has 0 fully saturated rings. The molecule has 164 valence electrons. The Morgan fingerprint density at radius 1 is 1.12 bits per heavy atom. The average Bonchev–Trinajstić information content (AvgIpc) is 3.44. The van der Waals surface area contributed by atoms with Gasteiger partial charge in [0.05, 0.1) is 23.1 Å². The van der Waals surface area contributed by atoms with Crippen molar-refractivity contribution < 1.29 is 26.8 Å². The number of nitrogens with zero attached hydrogens (tertiary/aromatic N) is 3. The van der Waals surface area contributed by atoms with Crippen LogP contribution in [0, 0.1) is 5.82 Å². The minimum atomic E-state index is -4.56. The summed E-state index contributed by atoms with van der Waals surface area (Å²) in [4.78, 5) is 16.5. The number of halogens is 4. The molecule has 6 nitrogen and oxygen atoms in total. The number of hydrogen-bond donors (Lipinski definition) is 1. The van der Waals surface area contributed by atoms with E-state index in [0.29, 0.717) is 17.0 Å². The lowest BCUT2D eigenvalue weighted by molar-refractivity contribution is -0.137. The fourth-order valence-electron chi connectivity index (χ4n) is 3.03. The van der Waals surface area contributed by atoms with E-state index < -0.39 is 17.6 Å². The van der Waals surface area contributed by atoms with Crippen LogP contribution in [0.1, 0.15) is 17.9 Å². The fourth-order valence-corrected chi connectivity index (χ4v) is 3.03. The van der Waals surface area contributed by atoms with Crippen molar-refractivity contribution in [3.8, 4) is 17.0 Å². The highest BCUT2D eigenvalue weighted by Crippen LogP contribution is 2.33. The van der Waals surface area contributed by atoms with E-state index in [-0.39, 0.29) is 30.2 Å². The molecule has 0 bridgehead atoms. The highest BCUT2D eigenvalue weighted by Gasteiger charge is 2.31. The first-order valence-corrected chi connectivity index (χ1v) is 9.51. The number of nitrogens with one attached hydrogen (secondary N) is 1. The number of aromatic nitrogens is 3. The molecule has 1 N–H and O–H groups in total. The molecule has 0 saturated carbocycles. The number of benzene rings is 2. The van der Waals surface area contributed by atoms with Gasteiger partial charge >= 0.3 is 6.18 Å². The summed E-state index contributed by atoms with van der Waals surface area (Å²) in [6.07, 6.45) is -0.00608. The second kappa shape index (κ2) is 8.66. The summed E-state index contributed by atoms with van der Waals surface area (Å²) in [7, 11) is 0. The predicted molar refractivity (Wildman–Crippen MR) is 107 cm³/mol. The van der Waals surface area contributed by atoms with Crippen molar-refractivity contribution >= 4 is 11.6 Å². The molecule has 0 aliphatic rings. The number of rotatable bonds is 6. The van der Waals surface area contributed by atoms with Crippen molar-refractivity contribution in [1.82, 2.24) is 14.8 Å². The molecule has 0 aliphatic carbocycles. The number of alkyl halides is 3. The first-order chi connectivity index (χ1) is 15.3. The van der Waals surface area contributed by atoms with E-state index in [1.165, 1.54) is 47.4 Å². The van der Waals surface area contributed by atoms with Crippen LogP contribution in [0.5, 0.6) is 0 Å². The number of aryl methyl sites for hydroxylation is 1. The van der Waals surface area contributed by atoms with Crippen LogP contribution in [0.15, 0.2) is 71.5 Å². The van der Waals surface area contributed by atoms with Crippen molar-refractivity contribution in [2.75, 3.05) is 5.32 Å². The predicted octanol–water partition coefficient (Wildman–Crippen LogP) is 5.26. The fraction of sp³-hybridized carbons (Fsp3) is 0.136. The van der Waals surface area contributed by atoms with E-state index in [4.69, 9.17) is 4.42 Å². The second-order valence-electron chi connectivity index (χ2n) is 6.85. The lowest BCUT2D eigenvalue weighted by Crippen LogP contribution is -2.16. The molecule has 0 spiro atoms. The van der Waals surface area contributed by atoms with Crippen LogP contribution in [0.25, 0.3) is 17.0 Å². The van der Waals surface area contributed by atoms with Crippen LogP contribution < -0.4 is 5.32 Å². The van der Waals surface area contributed by atoms with Crippen molar-refractivity contribution in [1.29, 1.82) is 0 Å². The topological polar surface area (TPSA) is 73.0 Å². The SMILES string of the molecule is O=C(CCc1ncc(-c2ccc(F)cc2)o1)Nc1cc(C(F)(F)F)ccc1-n1cccn1. The summed E-state index contributed by atoms with van der Waals surface area (Å²) >= 11 is 0. The van der Waals surface area contributed by atoms with Gasteiger partial charge in [0.2, 0.25) is 5.91 Å². The Kier molecular flexibility index (Phi) is 5.76. The summed E-state index contributed by atoms with van der Waals surface area (Å²) in [5.41, 5.74) is 0.0155. The number of carbonyl (C=O) groups excluding carboxylic acids is 1. The Morgan fingerprint density at radius 2 is 1.91 bits per heavy atom. The van der Waals surface area contributed by atoms with Gasteiger partial charge in [-0.1, -0.05) is 0 Å². The van der Waals surface area contributed by atoms with Gasteiger partial charge in [0, 0.05) is 30.8 Å². The van der Waals surface area contributed by atoms with Gasteiger partial charge in [0.25, 0.3) is 0 Å². The Morgan fingerprint density at radius 3 is 2.59 bits per heavy atom. The van der Waals surface area contributed by atoms with Crippen LogP contribution >= 0.6 is 0 Å². The first-order valence-electron chi connectivity index (χ1n) is 9.51. The van der Waals surface area contributed by atoms with Gasteiger partial charge in [-0.3, -0.25) is 4.79 Å². The van der Waals surface area contributed by atoms with Gasteiger partial charge in [-0.25, -0.2) is 14.1 Å². The van der Waals surface area contributed by atoms with Crippen molar-refractivity contribution in [2.24, 2.45) is 0 Å². The Labute approximate surface area is 179 Å². The van der Waals surface area contributed by atoms with Crippen LogP contribution in [-0.2, 0) is 17.4 Å². The van der Waals surface area contributed by atoms with E-state index in [1.54, 1.807) is 12.3 Å². The highest BCUT2D eigenvalue weighted by molar-refractivity contribution is 5.93. The van der Waals surface area contributed by atoms with Crippen molar-refractivity contribution in [3.05, 3.63) is 84.4 Å². The quantitative estimate of drug-likeness (QED) is 0.412. The van der Waals surface area contributed by atoms with Crippen LogP contribution in [0.3, 0.4) is 0 Å². The molecule has 2 aromatic carbocycles. The molecule has 0 atom stereocenters. The number of hydrogen-bond acceptors (Lipinski definition) is 4. The Hall–Kier alpha value is -3.95. The molecule has 32 heavy (non-hydrogen) atoms. The van der Waals surface area contributed by atoms with Gasteiger partial charge in [0.1, 0.15) is 5.82 Å². The third-order valence-electron chi connectivity index (χ3n) is 4.60. The third kappa shape index (κ3) is 4.85. The Balaban J connectivity index is 1.46. The molecule has 0 aliphatic heterocycles. The van der Waals surface area contributed by atoms with E-state index in [9.17, 15) is 22.4 Å². The molecule has 4 rings (SSSR count). The molecule has 0 radical (unpaired) electrons. The zero-order valence-corrected chi connectivity index (χ0v) is 16.4. The van der Waals surface area contributed by atoms with Gasteiger partial charge in [-0.2, -0.15) is 18.3 Å².